The van der Waals surface area contributed by atoms with Crippen LogP contribution in [0.2, 0.25) is 0 Å². The highest BCUT2D eigenvalue weighted by Gasteiger charge is 2.69. The first-order valence-corrected chi connectivity index (χ1v) is 20.8. The topological polar surface area (TPSA) is 250 Å². The molecule has 7 aliphatic rings. The largest absolute Gasteiger partial charge is 0.481 e. The van der Waals surface area contributed by atoms with Crippen molar-refractivity contribution in [2.45, 2.75) is 180 Å². The Morgan fingerprint density at radius 2 is 1.26 bits per heavy atom. The zero-order chi connectivity index (χ0) is 42.0. The maximum atomic E-state index is 12.5. The number of fused-ring (bicyclic) bond motifs is 7. The third-order valence-corrected chi connectivity index (χ3v) is 17.5. The molecule has 0 aromatic carbocycles. The van der Waals surface area contributed by atoms with Crippen molar-refractivity contribution in [2.75, 3.05) is 0 Å². The van der Waals surface area contributed by atoms with Gasteiger partial charge in [-0.3, -0.25) is 4.79 Å². The Labute approximate surface area is 333 Å². The molecule has 15 heteroatoms. The number of carboxylic acid groups (broad SMARTS) is 3. The van der Waals surface area contributed by atoms with Gasteiger partial charge in [-0.05, 0) is 116 Å². The Morgan fingerprint density at radius 1 is 0.667 bits per heavy atom. The summed E-state index contributed by atoms with van der Waals surface area (Å²) in [4.78, 5) is 36.5. The molecule has 0 amide bonds. The van der Waals surface area contributed by atoms with Gasteiger partial charge < -0.3 is 59.8 Å². The van der Waals surface area contributed by atoms with Crippen LogP contribution in [0.5, 0.6) is 0 Å². The minimum atomic E-state index is -2.01. The molecule has 0 bridgehead atoms. The number of allylic oxidation sites excluding steroid dienone is 2. The fraction of sp³-hybridized carbons (Fsp3) is 0.881. The van der Waals surface area contributed by atoms with Crippen LogP contribution in [-0.2, 0) is 33.3 Å². The van der Waals surface area contributed by atoms with E-state index in [9.17, 15) is 55.2 Å². The molecule has 2 heterocycles. The predicted octanol–water partition coefficient (Wildman–Crippen LogP) is 3.07. The van der Waals surface area contributed by atoms with Gasteiger partial charge in [0.1, 0.15) is 36.6 Å². The molecular weight excluding hydrogens is 744 g/mol. The normalized spacial score (nSPS) is 53.2. The second-order valence-corrected chi connectivity index (χ2v) is 20.6. The Bertz CT molecular complexity index is 1650. The number of rotatable bonds is 7. The van der Waals surface area contributed by atoms with Crippen LogP contribution >= 0.6 is 0 Å². The highest BCUT2D eigenvalue weighted by Crippen LogP contribution is 2.76. The average molecular weight is 809 g/mol. The molecule has 2 saturated heterocycles. The van der Waals surface area contributed by atoms with Crippen LogP contribution in [0.25, 0.3) is 0 Å². The van der Waals surface area contributed by atoms with E-state index in [1.165, 1.54) is 5.57 Å². The maximum absolute atomic E-state index is 12.5. The van der Waals surface area contributed by atoms with E-state index in [2.05, 4.69) is 47.6 Å². The summed E-state index contributed by atoms with van der Waals surface area (Å²) in [6, 6.07) is 0. The summed E-state index contributed by atoms with van der Waals surface area (Å²) in [6.07, 6.45) is -8.79. The third-order valence-electron chi connectivity index (χ3n) is 17.5. The van der Waals surface area contributed by atoms with Gasteiger partial charge in [-0.2, -0.15) is 0 Å². The van der Waals surface area contributed by atoms with Gasteiger partial charge in [-0.25, -0.2) is 9.59 Å². The minimum Gasteiger partial charge on any atom is -0.481 e. The number of hydrogen-bond donors (Lipinski definition) is 8. The van der Waals surface area contributed by atoms with Crippen molar-refractivity contribution < 1.29 is 74.2 Å². The smallest absolute Gasteiger partial charge is 0.335 e. The van der Waals surface area contributed by atoms with Crippen molar-refractivity contribution in [1.82, 2.24) is 0 Å². The average Bonchev–Trinajstić information content (AvgIpc) is 3.12. The third kappa shape index (κ3) is 6.35. The molecular formula is C42H64O15. The van der Waals surface area contributed by atoms with Crippen molar-refractivity contribution in [3.05, 3.63) is 11.6 Å². The first kappa shape index (κ1) is 42.9. The number of hydrogen-bond acceptors (Lipinski definition) is 12. The number of ether oxygens (including phenoxy) is 4. The lowest BCUT2D eigenvalue weighted by Gasteiger charge is -2.71. The fourth-order valence-electron chi connectivity index (χ4n) is 13.5. The molecule has 0 spiro atoms. The van der Waals surface area contributed by atoms with E-state index in [4.69, 9.17) is 18.9 Å². The van der Waals surface area contributed by atoms with Crippen molar-refractivity contribution in [3.63, 3.8) is 0 Å². The number of aliphatic hydroxyl groups excluding tert-OH is 5. The molecule has 322 valence electrons. The summed E-state index contributed by atoms with van der Waals surface area (Å²) in [7, 11) is 0. The summed E-state index contributed by atoms with van der Waals surface area (Å²) in [5.74, 6) is -3.24. The highest BCUT2D eigenvalue weighted by atomic mass is 16.8. The lowest BCUT2D eigenvalue weighted by atomic mass is 9.33. The Balaban J connectivity index is 1.15. The van der Waals surface area contributed by atoms with E-state index < -0.39 is 96.3 Å². The van der Waals surface area contributed by atoms with Gasteiger partial charge in [0.05, 0.1) is 11.5 Å². The number of carbonyl (C=O) groups is 3. The van der Waals surface area contributed by atoms with Gasteiger partial charge in [-0.1, -0.05) is 53.2 Å². The highest BCUT2D eigenvalue weighted by molar-refractivity contribution is 5.75. The Morgan fingerprint density at radius 3 is 1.88 bits per heavy atom. The lowest BCUT2D eigenvalue weighted by Crippen LogP contribution is -2.67. The van der Waals surface area contributed by atoms with Crippen molar-refractivity contribution >= 4 is 17.9 Å². The van der Waals surface area contributed by atoms with Crippen LogP contribution in [0.3, 0.4) is 0 Å². The van der Waals surface area contributed by atoms with Gasteiger partial charge in [0.25, 0.3) is 0 Å². The maximum Gasteiger partial charge on any atom is 0.335 e. The van der Waals surface area contributed by atoms with E-state index in [-0.39, 0.29) is 33.5 Å². The summed E-state index contributed by atoms with van der Waals surface area (Å²) < 4.78 is 23.5. The summed E-state index contributed by atoms with van der Waals surface area (Å²) in [6.45, 7) is 15.8. The van der Waals surface area contributed by atoms with Crippen molar-refractivity contribution in [2.24, 2.45) is 50.2 Å². The standard InChI is InChI=1S/C42H64O15/c1-37(2)21-10-13-42(7)22(9-8-19-20-18-39(4,36(52)53)15-14-38(20,3)16-17-41(19,42)6)40(21,5)12-11-23(37)54-35-31(27(46)26(45)30(56-35)33(50)51)57-34-28(47)24(43)25(44)29(55-34)32(48)49/h8,20-31,34-35,43-47H,9-18H2,1-7H3,(H,48,49)(H,50,51)(H,52,53)/t20-,21-,22+,23-,24-,25-,26-,27-,28+,29-,30-,31+,34-,35-,38+,39+,40-,41+,42+/m0/s1. The van der Waals surface area contributed by atoms with Crippen LogP contribution in [0.15, 0.2) is 11.6 Å². The molecule has 15 nitrogen and oxygen atoms in total. The Kier molecular flexibility index (Phi) is 10.7. The minimum absolute atomic E-state index is 0.0440. The van der Waals surface area contributed by atoms with Gasteiger partial charge in [0.15, 0.2) is 24.8 Å². The first-order chi connectivity index (χ1) is 26.4. The van der Waals surface area contributed by atoms with E-state index in [0.717, 1.165) is 44.9 Å². The zero-order valence-corrected chi connectivity index (χ0v) is 34.2. The van der Waals surface area contributed by atoms with Crippen LogP contribution < -0.4 is 0 Å². The molecule has 2 aliphatic heterocycles. The van der Waals surface area contributed by atoms with Gasteiger partial charge in [0.2, 0.25) is 0 Å². The van der Waals surface area contributed by atoms with Crippen molar-refractivity contribution in [3.8, 4) is 0 Å². The Hall–Kier alpha value is -2.21. The van der Waals surface area contributed by atoms with E-state index in [0.29, 0.717) is 25.2 Å². The molecule has 19 atom stereocenters. The van der Waals surface area contributed by atoms with Crippen LogP contribution in [0.1, 0.15) is 113 Å². The van der Waals surface area contributed by atoms with E-state index in [1.54, 1.807) is 0 Å². The van der Waals surface area contributed by atoms with Crippen LogP contribution in [0.4, 0.5) is 0 Å². The zero-order valence-electron chi connectivity index (χ0n) is 34.2. The van der Waals surface area contributed by atoms with Gasteiger partial charge in [0, 0.05) is 0 Å². The second-order valence-electron chi connectivity index (χ2n) is 20.6. The molecule has 0 aromatic heterocycles. The summed E-state index contributed by atoms with van der Waals surface area (Å²) in [5.41, 5.74) is -0.00709. The predicted molar refractivity (Wildman–Crippen MR) is 199 cm³/mol. The monoisotopic (exact) mass is 808 g/mol. The molecule has 0 radical (unpaired) electrons. The number of carboxylic acids is 3. The van der Waals surface area contributed by atoms with Crippen LogP contribution in [0, 0.1) is 50.2 Å². The second kappa shape index (κ2) is 14.2. The van der Waals surface area contributed by atoms with Gasteiger partial charge in [-0.15, -0.1) is 0 Å². The van der Waals surface area contributed by atoms with E-state index >= 15 is 0 Å². The van der Waals surface area contributed by atoms with Crippen LogP contribution in [-0.4, -0.2) is 126 Å². The molecule has 6 fully saturated rings. The molecule has 8 N–H and O–H groups in total. The quantitative estimate of drug-likeness (QED) is 0.136. The number of aliphatic carboxylic acids is 3. The number of aliphatic hydroxyl groups is 5. The SMILES string of the molecule is CC1(C)[C@@H](O[C@H]2O[C@H](C(=O)O)[C@@H](O)[C@H](O)[C@H]2O[C@@H]2O[C@H](C(=O)O)[C@@H](O)[C@H](O)[C@H]2O)CC[C@]2(C)[C@H]3CC=C4[C@@H]5C[C@](C)(C(=O)O)CC[C@]5(C)CC[C@@]4(C)[C@]3(C)CC[C@@H]12. The summed E-state index contributed by atoms with van der Waals surface area (Å²) in [5, 5.41) is 83.1. The fourth-order valence-corrected chi connectivity index (χ4v) is 13.5. The molecule has 57 heavy (non-hydrogen) atoms. The first-order valence-electron chi connectivity index (χ1n) is 20.8. The van der Waals surface area contributed by atoms with E-state index in [1.807, 2.05) is 6.92 Å². The summed E-state index contributed by atoms with van der Waals surface area (Å²) >= 11 is 0. The van der Waals surface area contributed by atoms with Gasteiger partial charge >= 0.3 is 17.9 Å². The molecule has 0 aromatic rings. The molecule has 0 unspecified atom stereocenters. The lowest BCUT2D eigenvalue weighted by molar-refractivity contribution is -0.371. The molecule has 7 rings (SSSR count). The molecule has 5 aliphatic carbocycles. The van der Waals surface area contributed by atoms with Crippen molar-refractivity contribution in [1.29, 1.82) is 0 Å². The molecule has 4 saturated carbocycles.